The molecule has 0 radical (unpaired) electrons. The average Bonchev–Trinajstić information content (AvgIpc) is 3.03. The van der Waals surface area contributed by atoms with Crippen LogP contribution in [0.15, 0.2) is 69.5 Å². The topological polar surface area (TPSA) is 79.1 Å². The van der Waals surface area contributed by atoms with E-state index in [-0.39, 0.29) is 22.8 Å². The van der Waals surface area contributed by atoms with Gasteiger partial charge in [0.1, 0.15) is 11.5 Å². The van der Waals surface area contributed by atoms with E-state index >= 15 is 0 Å². The quantitative estimate of drug-likeness (QED) is 0.592. The fourth-order valence-corrected chi connectivity index (χ4v) is 4.16. The molecule has 2 N–H and O–H groups in total. The molecule has 0 saturated carbocycles. The number of benzene rings is 1. The Morgan fingerprint density at radius 1 is 1.16 bits per heavy atom. The number of fused-ring (bicyclic) bond motifs is 1. The molecular weight excluding hydrogens is 390 g/mol. The van der Waals surface area contributed by atoms with E-state index < -0.39 is 11.6 Å². The van der Waals surface area contributed by atoms with Crippen LogP contribution in [0.3, 0.4) is 0 Å². The van der Waals surface area contributed by atoms with Crippen LogP contribution < -0.4 is 4.74 Å². The highest BCUT2D eigenvalue weighted by Gasteiger charge is 2.46. The van der Waals surface area contributed by atoms with E-state index in [1.165, 1.54) is 7.11 Å². The largest absolute Gasteiger partial charge is 0.507 e. The van der Waals surface area contributed by atoms with Crippen LogP contribution in [0, 0.1) is 5.41 Å². The van der Waals surface area contributed by atoms with E-state index in [4.69, 9.17) is 4.74 Å². The third kappa shape index (κ3) is 4.02. The summed E-state index contributed by atoms with van der Waals surface area (Å²) in [6.07, 6.45) is 5.72. The van der Waals surface area contributed by atoms with Gasteiger partial charge in [0.2, 0.25) is 0 Å². The number of hydrogen-bond acceptors (Lipinski definition) is 5. The van der Waals surface area contributed by atoms with Crippen LogP contribution >= 0.6 is 0 Å². The second-order valence-electron chi connectivity index (χ2n) is 8.75. The minimum atomic E-state index is -1.11. The minimum absolute atomic E-state index is 0.128. The summed E-state index contributed by atoms with van der Waals surface area (Å²) in [6.45, 7) is 9.92. The number of allylic oxidation sites excluding steroid dienone is 7. The van der Waals surface area contributed by atoms with Gasteiger partial charge in [-0.1, -0.05) is 41.0 Å². The molecule has 1 unspecified atom stereocenters. The average molecular weight is 422 g/mol. The lowest BCUT2D eigenvalue weighted by atomic mass is 9.65. The Hall–Kier alpha value is -2.92. The molecule has 1 aliphatic heterocycles. The van der Waals surface area contributed by atoms with E-state index in [0.717, 1.165) is 16.7 Å². The van der Waals surface area contributed by atoms with Gasteiger partial charge in [-0.3, -0.25) is 4.79 Å². The van der Waals surface area contributed by atoms with Crippen LogP contribution in [0.4, 0.5) is 0 Å². The molecule has 0 saturated heterocycles. The summed E-state index contributed by atoms with van der Waals surface area (Å²) in [4.78, 5) is 18.4. The first-order valence-electron chi connectivity index (χ1n) is 10.5. The predicted octanol–water partition coefficient (Wildman–Crippen LogP) is 5.53. The van der Waals surface area contributed by atoms with Crippen molar-refractivity contribution < 1.29 is 19.7 Å². The van der Waals surface area contributed by atoms with Gasteiger partial charge in [-0.2, -0.15) is 0 Å². The fraction of sp³-hybridized carbons (Fsp3) is 0.385. The molecule has 1 aliphatic carbocycles. The number of aliphatic hydroxyl groups excluding tert-OH is 2. The van der Waals surface area contributed by atoms with Crippen molar-refractivity contribution in [2.24, 2.45) is 10.4 Å². The molecule has 1 aromatic carbocycles. The first kappa shape index (κ1) is 22.8. The summed E-state index contributed by atoms with van der Waals surface area (Å²) in [5.74, 6) is 0.188. The summed E-state index contributed by atoms with van der Waals surface area (Å²) in [5.41, 5.74) is 3.77. The Morgan fingerprint density at radius 3 is 2.32 bits per heavy atom. The van der Waals surface area contributed by atoms with Gasteiger partial charge in [0, 0.05) is 5.56 Å². The highest BCUT2D eigenvalue weighted by atomic mass is 16.5. The van der Waals surface area contributed by atoms with Crippen LogP contribution in [0.1, 0.15) is 64.8 Å². The van der Waals surface area contributed by atoms with Gasteiger partial charge in [-0.15, -0.1) is 0 Å². The zero-order valence-corrected chi connectivity index (χ0v) is 19.1. The lowest BCUT2D eigenvalue weighted by molar-refractivity contribution is -0.122. The number of ether oxygens (including phenoxy) is 1. The molecule has 1 heterocycles. The van der Waals surface area contributed by atoms with Crippen molar-refractivity contribution in [3.05, 3.63) is 75.6 Å². The smallest absolute Gasteiger partial charge is 0.179 e. The molecule has 1 aromatic rings. The van der Waals surface area contributed by atoms with Crippen molar-refractivity contribution in [2.45, 2.75) is 53.7 Å². The van der Waals surface area contributed by atoms with Crippen LogP contribution in [0.25, 0.3) is 0 Å². The number of rotatable bonds is 6. The second-order valence-corrected chi connectivity index (χ2v) is 8.75. The first-order chi connectivity index (χ1) is 14.6. The molecular formula is C26H31NO4. The van der Waals surface area contributed by atoms with Gasteiger partial charge in [0.05, 0.1) is 29.4 Å². The van der Waals surface area contributed by atoms with Crippen molar-refractivity contribution >= 4 is 11.5 Å². The number of aliphatic hydroxyl groups is 2. The van der Waals surface area contributed by atoms with Gasteiger partial charge >= 0.3 is 0 Å². The molecule has 5 heteroatoms. The number of hydrogen-bond donors (Lipinski definition) is 2. The monoisotopic (exact) mass is 421 g/mol. The Morgan fingerprint density at radius 2 is 1.77 bits per heavy atom. The Labute approximate surface area is 184 Å². The van der Waals surface area contributed by atoms with Gasteiger partial charge in [0.15, 0.2) is 12.0 Å². The minimum Gasteiger partial charge on any atom is -0.507 e. The molecule has 0 amide bonds. The van der Waals surface area contributed by atoms with Crippen molar-refractivity contribution in [2.75, 3.05) is 7.11 Å². The van der Waals surface area contributed by atoms with Gasteiger partial charge in [0.25, 0.3) is 0 Å². The fourth-order valence-electron chi connectivity index (χ4n) is 4.16. The van der Waals surface area contributed by atoms with Crippen LogP contribution in [0.5, 0.6) is 5.75 Å². The Bertz CT molecular complexity index is 1040. The Kier molecular flexibility index (Phi) is 6.37. The molecule has 0 fully saturated rings. The summed E-state index contributed by atoms with van der Waals surface area (Å²) in [6, 6.07) is 5.29. The summed E-state index contributed by atoms with van der Waals surface area (Å²) in [5, 5.41) is 21.4. The second kappa shape index (κ2) is 8.67. The molecule has 0 spiro atoms. The standard InChI is InChI=1S/C26H31NO4/c1-15(2)10-12-26(13-11-16(3)4)17(5)14-19(28)22(24(26)29)23-21-18(25(30)27-23)8-7-9-20(21)31-6/h7-11,14,25,28,30H,12-13H2,1-6H3. The molecule has 1 atom stereocenters. The van der Waals surface area contributed by atoms with Crippen molar-refractivity contribution in [3.63, 3.8) is 0 Å². The zero-order chi connectivity index (χ0) is 22.9. The van der Waals surface area contributed by atoms with Crippen molar-refractivity contribution in [3.8, 4) is 5.75 Å². The number of ketones is 1. The summed E-state index contributed by atoms with van der Waals surface area (Å²) >= 11 is 0. The number of nitrogens with zero attached hydrogens (tertiary/aromatic N) is 1. The maximum Gasteiger partial charge on any atom is 0.179 e. The van der Waals surface area contributed by atoms with E-state index in [1.807, 2.05) is 34.6 Å². The number of Topliss-reactive ketones (excluding diaryl/α,β-unsaturated/α-hetero) is 1. The highest BCUT2D eigenvalue weighted by Crippen LogP contribution is 2.46. The SMILES string of the molecule is COc1cccc2c1C(C1=C(O)C=C(C)C(CC=C(C)C)(CC=C(C)C)C1=O)=NC2O. The van der Waals surface area contributed by atoms with E-state index in [2.05, 4.69) is 17.1 Å². The maximum atomic E-state index is 14.1. The third-order valence-corrected chi connectivity index (χ3v) is 6.02. The van der Waals surface area contributed by atoms with Crippen LogP contribution in [0.2, 0.25) is 0 Å². The lowest BCUT2D eigenvalue weighted by Gasteiger charge is -2.36. The summed E-state index contributed by atoms with van der Waals surface area (Å²) < 4.78 is 5.49. The normalized spacial score (nSPS) is 19.5. The van der Waals surface area contributed by atoms with Crippen LogP contribution in [-0.4, -0.2) is 28.8 Å². The van der Waals surface area contributed by atoms with E-state index in [9.17, 15) is 15.0 Å². The van der Waals surface area contributed by atoms with Gasteiger partial charge in [-0.05, 0) is 59.6 Å². The highest BCUT2D eigenvalue weighted by molar-refractivity contribution is 6.33. The molecule has 2 aliphatic rings. The number of carbonyl (C=O) groups is 1. The van der Waals surface area contributed by atoms with Crippen LogP contribution in [-0.2, 0) is 4.79 Å². The van der Waals surface area contributed by atoms with E-state index in [1.54, 1.807) is 24.3 Å². The molecule has 5 nitrogen and oxygen atoms in total. The van der Waals surface area contributed by atoms with E-state index in [0.29, 0.717) is 29.7 Å². The third-order valence-electron chi connectivity index (χ3n) is 6.02. The molecule has 0 aromatic heterocycles. The number of methoxy groups -OCH3 is 1. The predicted molar refractivity (Wildman–Crippen MR) is 123 cm³/mol. The molecule has 31 heavy (non-hydrogen) atoms. The number of carbonyl (C=O) groups excluding carboxylic acids is 1. The number of aliphatic imine (C=N–C) groups is 1. The molecule has 164 valence electrons. The Balaban J connectivity index is 2.21. The summed E-state index contributed by atoms with van der Waals surface area (Å²) in [7, 11) is 1.53. The molecule has 3 rings (SSSR count). The zero-order valence-electron chi connectivity index (χ0n) is 19.1. The van der Waals surface area contributed by atoms with Crippen molar-refractivity contribution in [1.29, 1.82) is 0 Å². The lowest BCUT2D eigenvalue weighted by Crippen LogP contribution is -2.38. The van der Waals surface area contributed by atoms with Gasteiger partial charge in [-0.25, -0.2) is 4.99 Å². The first-order valence-corrected chi connectivity index (χ1v) is 10.5. The maximum absolute atomic E-state index is 14.1. The molecule has 0 bridgehead atoms. The van der Waals surface area contributed by atoms with Crippen molar-refractivity contribution in [1.82, 2.24) is 0 Å². The van der Waals surface area contributed by atoms with Gasteiger partial charge < -0.3 is 14.9 Å².